The van der Waals surface area contributed by atoms with E-state index in [9.17, 15) is 19.7 Å². The molecule has 0 unspecified atom stereocenters. The predicted molar refractivity (Wildman–Crippen MR) is 89.9 cm³/mol. The molecule has 0 aliphatic carbocycles. The Morgan fingerprint density at radius 1 is 1.29 bits per heavy atom. The van der Waals surface area contributed by atoms with Gasteiger partial charge in [0.1, 0.15) is 5.82 Å². The van der Waals surface area contributed by atoms with Crippen molar-refractivity contribution in [2.24, 2.45) is 0 Å². The number of nitrogens with zero attached hydrogens (tertiary/aromatic N) is 2. The van der Waals surface area contributed by atoms with Crippen LogP contribution in [-0.2, 0) is 16.1 Å². The number of nitro groups is 1. The average molecular weight is 394 g/mol. The molecule has 4 N–H and O–H groups in total. The number of non-ortho nitro benzene ring substituents is 1. The monoisotopic (exact) mass is 393 g/mol. The van der Waals surface area contributed by atoms with E-state index < -0.39 is 16.7 Å². The second-order valence-corrected chi connectivity index (χ2v) is 5.56. The Labute approximate surface area is 144 Å². The summed E-state index contributed by atoms with van der Waals surface area (Å²) in [4.78, 5) is 37.6. The number of anilines is 2. The van der Waals surface area contributed by atoms with Crippen LogP contribution in [0.25, 0.3) is 0 Å². The Bertz CT molecular complexity index is 812. The molecule has 0 aliphatic rings. The molecule has 0 bridgehead atoms. The molecular formula is C14H12BrN5O4. The van der Waals surface area contributed by atoms with Crippen LogP contribution < -0.4 is 16.4 Å². The minimum atomic E-state index is -0.947. The van der Waals surface area contributed by atoms with Crippen LogP contribution in [0.1, 0.15) is 5.56 Å². The van der Waals surface area contributed by atoms with Crippen LogP contribution in [0.3, 0.4) is 0 Å². The molecule has 0 fully saturated rings. The third kappa shape index (κ3) is 4.49. The lowest BCUT2D eigenvalue weighted by Crippen LogP contribution is -2.35. The first kappa shape index (κ1) is 17.3. The quantitative estimate of drug-likeness (QED) is 0.409. The number of aromatic nitrogens is 1. The zero-order chi connectivity index (χ0) is 17.7. The molecule has 124 valence electrons. The van der Waals surface area contributed by atoms with Crippen LogP contribution >= 0.6 is 15.9 Å². The van der Waals surface area contributed by atoms with Crippen molar-refractivity contribution in [3.8, 4) is 0 Å². The van der Waals surface area contributed by atoms with E-state index in [-0.39, 0.29) is 23.7 Å². The molecule has 9 nitrogen and oxygen atoms in total. The summed E-state index contributed by atoms with van der Waals surface area (Å²) >= 11 is 3.23. The Morgan fingerprint density at radius 3 is 2.75 bits per heavy atom. The number of carbonyl (C=O) groups excluding carboxylic acids is 2. The fourth-order valence-corrected chi connectivity index (χ4v) is 2.15. The van der Waals surface area contributed by atoms with Crippen LogP contribution in [0, 0.1) is 10.1 Å². The summed E-state index contributed by atoms with van der Waals surface area (Å²) in [5.41, 5.74) is 6.17. The van der Waals surface area contributed by atoms with Crippen LogP contribution in [0.2, 0.25) is 0 Å². The highest BCUT2D eigenvalue weighted by molar-refractivity contribution is 9.10. The number of halogens is 1. The highest BCUT2D eigenvalue weighted by Crippen LogP contribution is 2.17. The first-order valence-electron chi connectivity index (χ1n) is 6.60. The van der Waals surface area contributed by atoms with Gasteiger partial charge >= 0.3 is 11.8 Å². The van der Waals surface area contributed by atoms with E-state index >= 15 is 0 Å². The Balaban J connectivity index is 1.97. The molecule has 24 heavy (non-hydrogen) atoms. The zero-order valence-electron chi connectivity index (χ0n) is 12.2. The van der Waals surface area contributed by atoms with E-state index in [1.54, 1.807) is 6.07 Å². The smallest absolute Gasteiger partial charge is 0.313 e. The van der Waals surface area contributed by atoms with Crippen molar-refractivity contribution in [1.82, 2.24) is 10.3 Å². The lowest BCUT2D eigenvalue weighted by atomic mass is 10.2. The van der Waals surface area contributed by atoms with Crippen LogP contribution in [-0.4, -0.2) is 21.7 Å². The SMILES string of the molecule is Nc1ncc(Br)cc1CNC(=O)C(=O)Nc1cccc([N+](=O)[O-])c1. The van der Waals surface area contributed by atoms with Gasteiger partial charge in [-0.25, -0.2) is 4.98 Å². The molecule has 0 atom stereocenters. The number of nitrogens with two attached hydrogens (primary N) is 1. The summed E-state index contributed by atoms with van der Waals surface area (Å²) in [6.45, 7) is 0.0134. The van der Waals surface area contributed by atoms with Gasteiger partial charge in [-0.1, -0.05) is 6.07 Å². The van der Waals surface area contributed by atoms with Gasteiger partial charge in [0.05, 0.1) is 4.92 Å². The molecule has 2 rings (SSSR count). The maximum Gasteiger partial charge on any atom is 0.313 e. The number of nitrogens with one attached hydrogen (secondary N) is 2. The molecule has 0 spiro atoms. The average Bonchev–Trinajstić information content (AvgIpc) is 2.55. The lowest BCUT2D eigenvalue weighted by molar-refractivity contribution is -0.384. The number of hydrogen-bond acceptors (Lipinski definition) is 6. The standard InChI is InChI=1S/C14H12BrN5O4/c15-9-4-8(12(16)17-7-9)6-18-13(21)14(22)19-10-2-1-3-11(5-10)20(23)24/h1-5,7H,6H2,(H2,16,17)(H,18,21)(H,19,22). The van der Waals surface area contributed by atoms with Gasteiger partial charge in [0.25, 0.3) is 5.69 Å². The number of pyridine rings is 1. The van der Waals surface area contributed by atoms with E-state index in [1.807, 2.05) is 0 Å². The number of nitrogen functional groups attached to an aromatic ring is 1. The molecule has 1 aromatic carbocycles. The van der Waals surface area contributed by atoms with Gasteiger partial charge in [-0.2, -0.15) is 0 Å². The number of hydrogen-bond donors (Lipinski definition) is 3. The molecule has 0 radical (unpaired) electrons. The summed E-state index contributed by atoms with van der Waals surface area (Å²) in [5, 5.41) is 15.4. The summed E-state index contributed by atoms with van der Waals surface area (Å²) in [6, 6.07) is 6.94. The predicted octanol–water partition coefficient (Wildman–Crippen LogP) is 1.59. The van der Waals surface area contributed by atoms with Crippen molar-refractivity contribution >= 4 is 44.9 Å². The normalized spacial score (nSPS) is 10.0. The largest absolute Gasteiger partial charge is 0.383 e. The van der Waals surface area contributed by atoms with Crippen LogP contribution in [0.5, 0.6) is 0 Å². The zero-order valence-corrected chi connectivity index (χ0v) is 13.7. The van der Waals surface area contributed by atoms with E-state index in [4.69, 9.17) is 5.73 Å². The number of nitro benzene ring substituents is 1. The second-order valence-electron chi connectivity index (χ2n) is 4.64. The van der Waals surface area contributed by atoms with Crippen molar-refractivity contribution < 1.29 is 14.5 Å². The first-order chi connectivity index (χ1) is 11.4. The van der Waals surface area contributed by atoms with Gasteiger partial charge in [0.15, 0.2) is 0 Å². The van der Waals surface area contributed by atoms with Gasteiger partial charge in [-0.05, 0) is 28.1 Å². The van der Waals surface area contributed by atoms with Crippen molar-refractivity contribution in [2.45, 2.75) is 6.54 Å². The van der Waals surface area contributed by atoms with E-state index in [1.165, 1.54) is 24.4 Å². The molecular weight excluding hydrogens is 382 g/mol. The van der Waals surface area contributed by atoms with Crippen molar-refractivity contribution in [1.29, 1.82) is 0 Å². The molecule has 2 aromatic rings. The first-order valence-corrected chi connectivity index (χ1v) is 7.39. The molecule has 2 amide bonds. The minimum absolute atomic E-state index is 0.0134. The Hall–Kier alpha value is -3.01. The minimum Gasteiger partial charge on any atom is -0.383 e. The maximum atomic E-state index is 11.8. The summed E-state index contributed by atoms with van der Waals surface area (Å²) < 4.78 is 0.682. The van der Waals surface area contributed by atoms with Gasteiger partial charge in [-0.3, -0.25) is 19.7 Å². The van der Waals surface area contributed by atoms with E-state index in [0.717, 1.165) is 6.07 Å². The number of rotatable bonds is 4. The van der Waals surface area contributed by atoms with Crippen molar-refractivity contribution in [3.05, 3.63) is 56.7 Å². The van der Waals surface area contributed by atoms with Gasteiger partial charge < -0.3 is 16.4 Å². The summed E-state index contributed by atoms with van der Waals surface area (Å²) in [6.07, 6.45) is 1.51. The topological polar surface area (TPSA) is 140 Å². The fourth-order valence-electron chi connectivity index (χ4n) is 1.77. The molecule has 10 heteroatoms. The van der Waals surface area contributed by atoms with Gasteiger partial charge in [-0.15, -0.1) is 0 Å². The van der Waals surface area contributed by atoms with Crippen LogP contribution in [0.4, 0.5) is 17.2 Å². The fraction of sp³-hybridized carbons (Fsp3) is 0.0714. The van der Waals surface area contributed by atoms with Crippen LogP contribution in [0.15, 0.2) is 41.0 Å². The third-order valence-electron chi connectivity index (χ3n) is 2.93. The van der Waals surface area contributed by atoms with Gasteiger partial charge in [0.2, 0.25) is 0 Å². The van der Waals surface area contributed by atoms with E-state index in [2.05, 4.69) is 31.5 Å². The van der Waals surface area contributed by atoms with E-state index in [0.29, 0.717) is 10.0 Å². The Kier molecular flexibility index (Phi) is 5.42. The maximum absolute atomic E-state index is 11.8. The molecule has 0 saturated heterocycles. The number of amides is 2. The molecule has 0 aliphatic heterocycles. The second kappa shape index (κ2) is 7.51. The lowest BCUT2D eigenvalue weighted by Gasteiger charge is -2.08. The molecule has 1 heterocycles. The molecule has 0 saturated carbocycles. The Morgan fingerprint density at radius 2 is 2.04 bits per heavy atom. The summed E-state index contributed by atoms with van der Waals surface area (Å²) in [5.74, 6) is -1.62. The number of benzene rings is 1. The van der Waals surface area contributed by atoms with Crippen molar-refractivity contribution in [2.75, 3.05) is 11.1 Å². The molecule has 1 aromatic heterocycles. The van der Waals surface area contributed by atoms with Crippen molar-refractivity contribution in [3.63, 3.8) is 0 Å². The third-order valence-corrected chi connectivity index (χ3v) is 3.36. The highest BCUT2D eigenvalue weighted by Gasteiger charge is 2.15. The number of carbonyl (C=O) groups is 2. The van der Waals surface area contributed by atoms with Gasteiger partial charge in [0, 0.05) is 40.6 Å². The highest BCUT2D eigenvalue weighted by atomic mass is 79.9. The summed E-state index contributed by atoms with van der Waals surface area (Å²) in [7, 11) is 0.